The van der Waals surface area contributed by atoms with Crippen LogP contribution in [0.1, 0.15) is 18.4 Å². The number of nitrogens with zero attached hydrogens (tertiary/aromatic N) is 5. The second-order valence-electron chi connectivity index (χ2n) is 7.08. The number of piperidine rings is 1. The molecule has 3 rings (SSSR count). The van der Waals surface area contributed by atoms with Crippen molar-refractivity contribution < 1.29 is 13.2 Å². The van der Waals surface area contributed by atoms with Crippen LogP contribution >= 0.6 is 0 Å². The fraction of sp³-hybridized carbons (Fsp3) is 0.750. The van der Waals surface area contributed by atoms with Crippen molar-refractivity contribution in [3.05, 3.63) is 18.0 Å². The van der Waals surface area contributed by atoms with Crippen LogP contribution in [0.3, 0.4) is 0 Å². The van der Waals surface area contributed by atoms with Gasteiger partial charge in [0.25, 0.3) is 0 Å². The highest BCUT2D eigenvalue weighted by Crippen LogP contribution is 2.21. The molecule has 1 amide bonds. The standard InChI is InChI=1S/C16H27N5O3S/c1-18-11-14(10-17-18)12-19-6-8-20(9-7-19)16(22)15-4-3-5-21(13-15)25(2,23)24/h10-11,15H,3-9,12-13H2,1-2H3. The Morgan fingerprint density at radius 2 is 1.96 bits per heavy atom. The van der Waals surface area contributed by atoms with Crippen LogP contribution in [0.2, 0.25) is 0 Å². The van der Waals surface area contributed by atoms with E-state index < -0.39 is 10.0 Å². The van der Waals surface area contributed by atoms with Crippen LogP contribution in [0.5, 0.6) is 0 Å². The fourth-order valence-electron chi connectivity index (χ4n) is 3.64. The number of hydrogen-bond donors (Lipinski definition) is 0. The van der Waals surface area contributed by atoms with Gasteiger partial charge in [-0.15, -0.1) is 0 Å². The molecule has 1 aromatic heterocycles. The average molecular weight is 369 g/mol. The SMILES string of the molecule is Cn1cc(CN2CCN(C(=O)C3CCCN(S(C)(=O)=O)C3)CC2)cn1. The first-order valence-electron chi connectivity index (χ1n) is 8.77. The Hall–Kier alpha value is -1.45. The third-order valence-corrected chi connectivity index (χ3v) is 6.32. The van der Waals surface area contributed by atoms with E-state index >= 15 is 0 Å². The number of piperazine rings is 1. The first kappa shape index (κ1) is 18.3. The lowest BCUT2D eigenvalue weighted by atomic mass is 9.97. The highest BCUT2D eigenvalue weighted by Gasteiger charge is 2.33. The van der Waals surface area contributed by atoms with Gasteiger partial charge in [-0.05, 0) is 12.8 Å². The van der Waals surface area contributed by atoms with Gasteiger partial charge in [-0.25, -0.2) is 12.7 Å². The number of sulfonamides is 1. The average Bonchev–Trinajstić information content (AvgIpc) is 2.99. The van der Waals surface area contributed by atoms with E-state index in [0.29, 0.717) is 26.2 Å². The number of carbonyl (C=O) groups is 1. The largest absolute Gasteiger partial charge is 0.340 e. The van der Waals surface area contributed by atoms with E-state index in [9.17, 15) is 13.2 Å². The van der Waals surface area contributed by atoms with E-state index in [4.69, 9.17) is 0 Å². The Morgan fingerprint density at radius 3 is 2.56 bits per heavy atom. The van der Waals surface area contributed by atoms with Crippen molar-refractivity contribution in [2.24, 2.45) is 13.0 Å². The number of aromatic nitrogens is 2. The van der Waals surface area contributed by atoms with Gasteiger partial charge in [0.2, 0.25) is 15.9 Å². The van der Waals surface area contributed by atoms with E-state index in [1.165, 1.54) is 16.1 Å². The molecule has 0 aliphatic carbocycles. The predicted octanol–water partition coefficient (Wildman–Crippen LogP) is -0.264. The molecule has 25 heavy (non-hydrogen) atoms. The molecule has 0 bridgehead atoms. The third-order valence-electron chi connectivity index (χ3n) is 5.05. The van der Waals surface area contributed by atoms with Gasteiger partial charge >= 0.3 is 0 Å². The lowest BCUT2D eigenvalue weighted by Gasteiger charge is -2.38. The van der Waals surface area contributed by atoms with E-state index in [1.54, 1.807) is 4.68 Å². The Kier molecular flexibility index (Phi) is 5.45. The molecule has 1 atom stereocenters. The first-order valence-corrected chi connectivity index (χ1v) is 10.6. The summed E-state index contributed by atoms with van der Waals surface area (Å²) in [6, 6.07) is 0. The molecule has 0 spiro atoms. The summed E-state index contributed by atoms with van der Waals surface area (Å²) in [7, 11) is -1.31. The van der Waals surface area contributed by atoms with Crippen molar-refractivity contribution in [1.29, 1.82) is 0 Å². The maximum atomic E-state index is 12.8. The van der Waals surface area contributed by atoms with Crippen molar-refractivity contribution >= 4 is 15.9 Å². The third kappa shape index (κ3) is 4.59. The second-order valence-corrected chi connectivity index (χ2v) is 9.07. The van der Waals surface area contributed by atoms with Gasteiger partial charge in [0, 0.05) is 64.6 Å². The van der Waals surface area contributed by atoms with E-state index in [0.717, 1.165) is 32.5 Å². The highest BCUT2D eigenvalue weighted by molar-refractivity contribution is 7.88. The Balaban J connectivity index is 1.51. The van der Waals surface area contributed by atoms with Crippen LogP contribution in [0.4, 0.5) is 0 Å². The molecule has 2 aliphatic heterocycles. The molecule has 0 N–H and O–H groups in total. The molecular formula is C16H27N5O3S. The van der Waals surface area contributed by atoms with Crippen molar-refractivity contribution in [2.45, 2.75) is 19.4 Å². The maximum absolute atomic E-state index is 12.8. The summed E-state index contributed by atoms with van der Waals surface area (Å²) in [5, 5.41) is 4.19. The van der Waals surface area contributed by atoms with Crippen LogP contribution in [-0.4, -0.2) is 83.7 Å². The molecule has 140 valence electrons. The predicted molar refractivity (Wildman–Crippen MR) is 94.2 cm³/mol. The van der Waals surface area contributed by atoms with Crippen LogP contribution < -0.4 is 0 Å². The summed E-state index contributed by atoms with van der Waals surface area (Å²) in [5.41, 5.74) is 1.18. The molecular weight excluding hydrogens is 342 g/mol. The topological polar surface area (TPSA) is 78.8 Å². The van der Waals surface area contributed by atoms with Gasteiger partial charge < -0.3 is 4.90 Å². The number of amides is 1. The van der Waals surface area contributed by atoms with Crippen LogP contribution in [0, 0.1) is 5.92 Å². The van der Waals surface area contributed by atoms with Gasteiger partial charge in [-0.3, -0.25) is 14.4 Å². The highest BCUT2D eigenvalue weighted by atomic mass is 32.2. The van der Waals surface area contributed by atoms with Gasteiger partial charge in [0.1, 0.15) is 0 Å². The summed E-state index contributed by atoms with van der Waals surface area (Å²) < 4.78 is 26.7. The molecule has 0 saturated carbocycles. The molecule has 2 fully saturated rings. The van der Waals surface area contributed by atoms with E-state index in [2.05, 4.69) is 10.00 Å². The zero-order valence-corrected chi connectivity index (χ0v) is 15.8. The molecule has 0 radical (unpaired) electrons. The first-order chi connectivity index (χ1) is 11.8. The minimum absolute atomic E-state index is 0.106. The molecule has 2 aliphatic rings. The summed E-state index contributed by atoms with van der Waals surface area (Å²) in [6.45, 7) is 4.78. The van der Waals surface area contributed by atoms with Gasteiger partial charge in [-0.2, -0.15) is 5.10 Å². The van der Waals surface area contributed by atoms with Crippen LogP contribution in [0.25, 0.3) is 0 Å². The van der Waals surface area contributed by atoms with Crippen LogP contribution in [-0.2, 0) is 28.4 Å². The minimum atomic E-state index is -3.22. The molecule has 0 aromatic carbocycles. The zero-order valence-electron chi connectivity index (χ0n) is 15.0. The number of rotatable bonds is 4. The van der Waals surface area contributed by atoms with Crippen LogP contribution in [0.15, 0.2) is 12.4 Å². The monoisotopic (exact) mass is 369 g/mol. The fourth-order valence-corrected chi connectivity index (χ4v) is 4.55. The molecule has 2 saturated heterocycles. The molecule has 3 heterocycles. The molecule has 1 aromatic rings. The van der Waals surface area contributed by atoms with E-state index in [-0.39, 0.29) is 11.8 Å². The van der Waals surface area contributed by atoms with Crippen molar-refractivity contribution in [2.75, 3.05) is 45.5 Å². The van der Waals surface area contributed by atoms with Crippen molar-refractivity contribution in [3.63, 3.8) is 0 Å². The lowest BCUT2D eigenvalue weighted by molar-refractivity contribution is -0.138. The van der Waals surface area contributed by atoms with E-state index in [1.807, 2.05) is 24.3 Å². The Bertz CT molecular complexity index is 709. The van der Waals surface area contributed by atoms with Gasteiger partial charge in [0.05, 0.1) is 18.4 Å². The smallest absolute Gasteiger partial charge is 0.227 e. The summed E-state index contributed by atoms with van der Waals surface area (Å²) >= 11 is 0. The minimum Gasteiger partial charge on any atom is -0.340 e. The summed E-state index contributed by atoms with van der Waals surface area (Å²) in [6.07, 6.45) is 6.64. The molecule has 1 unspecified atom stereocenters. The number of hydrogen-bond acceptors (Lipinski definition) is 5. The molecule has 8 nitrogen and oxygen atoms in total. The summed E-state index contributed by atoms with van der Waals surface area (Å²) in [5.74, 6) is -0.0947. The quantitative estimate of drug-likeness (QED) is 0.730. The van der Waals surface area contributed by atoms with Gasteiger partial charge in [-0.1, -0.05) is 0 Å². The maximum Gasteiger partial charge on any atom is 0.227 e. The Labute approximate surface area is 149 Å². The van der Waals surface area contributed by atoms with Crippen molar-refractivity contribution in [1.82, 2.24) is 23.9 Å². The second kappa shape index (κ2) is 7.43. The number of aryl methyl sites for hydroxylation is 1. The van der Waals surface area contributed by atoms with Gasteiger partial charge in [0.15, 0.2) is 0 Å². The zero-order chi connectivity index (χ0) is 18.0. The number of carbonyl (C=O) groups excluding carboxylic acids is 1. The summed E-state index contributed by atoms with van der Waals surface area (Å²) in [4.78, 5) is 17.0. The lowest BCUT2D eigenvalue weighted by Crippen LogP contribution is -2.52. The Morgan fingerprint density at radius 1 is 1.24 bits per heavy atom. The van der Waals surface area contributed by atoms with Crippen molar-refractivity contribution in [3.8, 4) is 0 Å². The normalized spacial score (nSPS) is 23.8. The molecule has 9 heteroatoms.